The lowest BCUT2D eigenvalue weighted by molar-refractivity contribution is -0.660. The van der Waals surface area contributed by atoms with Gasteiger partial charge in [-0.3, -0.25) is 4.79 Å². The zero-order valence-corrected chi connectivity index (χ0v) is 13.0. The molecule has 1 aromatic heterocycles. The topological polar surface area (TPSA) is 58.6 Å². The normalized spacial score (nSPS) is 10.8. The van der Waals surface area contributed by atoms with Crippen molar-refractivity contribution in [1.29, 1.82) is 0 Å². The van der Waals surface area contributed by atoms with Crippen LogP contribution >= 0.6 is 23.4 Å². The Labute approximate surface area is 127 Å². The number of pyridine rings is 1. The van der Waals surface area contributed by atoms with E-state index in [-0.39, 0.29) is 5.91 Å². The van der Waals surface area contributed by atoms with Crippen molar-refractivity contribution in [1.82, 2.24) is 10.3 Å². The van der Waals surface area contributed by atoms with Crippen LogP contribution in [-0.2, 0) is 11.3 Å². The molecule has 0 saturated heterocycles. The summed E-state index contributed by atoms with van der Waals surface area (Å²) in [7, 11) is 1.63. The second-order valence-corrected chi connectivity index (χ2v) is 5.60. The summed E-state index contributed by atoms with van der Waals surface area (Å²) in [5.74, 6) is -0.000479. The Bertz CT molecular complexity index is 633. The van der Waals surface area contributed by atoms with Gasteiger partial charge in [0.25, 0.3) is 5.91 Å². The fraction of sp³-hybridized carbons (Fsp3) is 0.286. The molecule has 4 nitrogen and oxygen atoms in total. The van der Waals surface area contributed by atoms with E-state index >= 15 is 0 Å². The third kappa shape index (κ3) is 3.62. The molecule has 0 bridgehead atoms. The SMILES string of the molecule is CNC(=O)C[NH2+]Cc1cc2ccc(SC)cc2nc1Cl. The molecule has 3 N–H and O–H groups in total. The summed E-state index contributed by atoms with van der Waals surface area (Å²) >= 11 is 7.89. The molecule has 0 fully saturated rings. The summed E-state index contributed by atoms with van der Waals surface area (Å²) in [6.45, 7) is 1.02. The van der Waals surface area contributed by atoms with Crippen molar-refractivity contribution in [3.8, 4) is 0 Å². The lowest BCUT2D eigenvalue weighted by Gasteiger charge is -2.06. The van der Waals surface area contributed by atoms with E-state index in [1.807, 2.05) is 29.8 Å². The van der Waals surface area contributed by atoms with Gasteiger partial charge in [0.05, 0.1) is 5.52 Å². The van der Waals surface area contributed by atoms with Crippen LogP contribution in [0, 0.1) is 0 Å². The molecule has 0 radical (unpaired) electrons. The molecular weight excluding hydrogens is 294 g/mol. The maximum atomic E-state index is 11.2. The van der Waals surface area contributed by atoms with Crippen LogP contribution in [0.2, 0.25) is 5.15 Å². The Kier molecular flexibility index (Phi) is 5.23. The number of rotatable bonds is 5. The van der Waals surface area contributed by atoms with E-state index in [0.29, 0.717) is 18.2 Å². The van der Waals surface area contributed by atoms with Crippen LogP contribution in [0.1, 0.15) is 5.56 Å². The maximum Gasteiger partial charge on any atom is 0.274 e. The second kappa shape index (κ2) is 6.92. The van der Waals surface area contributed by atoms with E-state index in [0.717, 1.165) is 16.5 Å². The Hall–Kier alpha value is -1.30. The molecule has 106 valence electrons. The molecule has 1 amide bonds. The van der Waals surface area contributed by atoms with Gasteiger partial charge in [-0.2, -0.15) is 0 Å². The highest BCUT2D eigenvalue weighted by molar-refractivity contribution is 7.98. The summed E-state index contributed by atoms with van der Waals surface area (Å²) in [5, 5.41) is 6.06. The molecule has 0 aliphatic carbocycles. The van der Waals surface area contributed by atoms with Gasteiger partial charge in [0.2, 0.25) is 0 Å². The minimum atomic E-state index is -0.000479. The molecule has 1 aromatic carbocycles. The van der Waals surface area contributed by atoms with Crippen LogP contribution < -0.4 is 10.6 Å². The molecule has 0 aliphatic rings. The fourth-order valence-electron chi connectivity index (χ4n) is 1.90. The molecule has 0 aliphatic heterocycles. The number of aromatic nitrogens is 1. The molecule has 0 spiro atoms. The van der Waals surface area contributed by atoms with E-state index in [1.165, 1.54) is 4.90 Å². The summed E-state index contributed by atoms with van der Waals surface area (Å²) in [5.41, 5.74) is 1.84. The van der Waals surface area contributed by atoms with E-state index in [2.05, 4.69) is 16.4 Å². The van der Waals surface area contributed by atoms with Crippen LogP contribution in [0.3, 0.4) is 0 Å². The molecule has 1 heterocycles. The van der Waals surface area contributed by atoms with Crippen LogP contribution in [-0.4, -0.2) is 30.7 Å². The van der Waals surface area contributed by atoms with Crippen molar-refractivity contribution >= 4 is 40.2 Å². The van der Waals surface area contributed by atoms with Crippen molar-refractivity contribution in [3.05, 3.63) is 35.0 Å². The monoisotopic (exact) mass is 310 g/mol. The van der Waals surface area contributed by atoms with Crippen molar-refractivity contribution in [2.75, 3.05) is 19.8 Å². The van der Waals surface area contributed by atoms with Gasteiger partial charge in [0.15, 0.2) is 6.54 Å². The maximum absolute atomic E-state index is 11.2. The summed E-state index contributed by atoms with van der Waals surface area (Å²) in [6.07, 6.45) is 2.03. The van der Waals surface area contributed by atoms with E-state index in [4.69, 9.17) is 11.6 Å². The number of hydrogen-bond donors (Lipinski definition) is 2. The van der Waals surface area contributed by atoms with Gasteiger partial charge in [0, 0.05) is 22.9 Å². The average Bonchev–Trinajstić information content (AvgIpc) is 2.46. The van der Waals surface area contributed by atoms with Gasteiger partial charge < -0.3 is 10.6 Å². The summed E-state index contributed by atoms with van der Waals surface area (Å²) < 4.78 is 0. The smallest absolute Gasteiger partial charge is 0.274 e. The number of benzene rings is 1. The summed E-state index contributed by atoms with van der Waals surface area (Å²) in [6, 6.07) is 8.19. The van der Waals surface area contributed by atoms with Crippen LogP contribution in [0.4, 0.5) is 0 Å². The summed E-state index contributed by atoms with van der Waals surface area (Å²) in [4.78, 5) is 16.8. The third-order valence-corrected chi connectivity index (χ3v) is 4.08. The molecule has 2 rings (SSSR count). The Morgan fingerprint density at radius 2 is 2.25 bits per heavy atom. The van der Waals surface area contributed by atoms with Crippen molar-refractivity contribution in [2.45, 2.75) is 11.4 Å². The third-order valence-electron chi connectivity index (χ3n) is 3.02. The number of quaternary nitrogens is 1. The lowest BCUT2D eigenvalue weighted by atomic mass is 10.1. The molecule has 20 heavy (non-hydrogen) atoms. The molecule has 2 aromatic rings. The largest absolute Gasteiger partial charge is 0.354 e. The van der Waals surface area contributed by atoms with Crippen molar-refractivity contribution < 1.29 is 10.1 Å². The first-order valence-electron chi connectivity index (χ1n) is 6.29. The first kappa shape index (κ1) is 15.1. The number of nitrogens with one attached hydrogen (secondary N) is 1. The van der Waals surface area contributed by atoms with E-state index < -0.39 is 0 Å². The highest BCUT2D eigenvalue weighted by Crippen LogP contribution is 2.24. The Morgan fingerprint density at radius 3 is 2.95 bits per heavy atom. The van der Waals surface area contributed by atoms with E-state index in [1.54, 1.807) is 18.8 Å². The number of carbonyl (C=O) groups excluding carboxylic acids is 1. The lowest BCUT2D eigenvalue weighted by Crippen LogP contribution is -2.85. The highest BCUT2D eigenvalue weighted by Gasteiger charge is 2.08. The van der Waals surface area contributed by atoms with Gasteiger partial charge in [-0.1, -0.05) is 17.7 Å². The second-order valence-electron chi connectivity index (χ2n) is 4.37. The minimum absolute atomic E-state index is 0.000479. The molecule has 0 unspecified atom stereocenters. The highest BCUT2D eigenvalue weighted by atomic mass is 35.5. The zero-order valence-electron chi connectivity index (χ0n) is 11.4. The van der Waals surface area contributed by atoms with Gasteiger partial charge >= 0.3 is 0 Å². The molecule has 0 saturated carbocycles. The average molecular weight is 311 g/mol. The number of nitrogens with zero attached hydrogens (tertiary/aromatic N) is 1. The number of hydrogen-bond acceptors (Lipinski definition) is 3. The van der Waals surface area contributed by atoms with Crippen LogP contribution in [0.25, 0.3) is 10.9 Å². The fourth-order valence-corrected chi connectivity index (χ4v) is 2.55. The Balaban J connectivity index is 2.18. The van der Waals surface area contributed by atoms with E-state index in [9.17, 15) is 4.79 Å². The number of nitrogens with two attached hydrogens (primary N) is 1. The standard InChI is InChI=1S/C14H16ClN3OS/c1-16-13(19)8-17-7-10-5-9-3-4-11(20-2)6-12(9)18-14(10)15/h3-6,17H,7-8H2,1-2H3,(H,16,19)/p+1. The van der Waals surface area contributed by atoms with Gasteiger partial charge in [0.1, 0.15) is 11.7 Å². The first-order valence-corrected chi connectivity index (χ1v) is 7.89. The van der Waals surface area contributed by atoms with Gasteiger partial charge in [-0.05, 0) is 24.5 Å². The number of likely N-dealkylation sites (N-methyl/N-ethyl adjacent to an activating group) is 1. The minimum Gasteiger partial charge on any atom is -0.354 e. The zero-order chi connectivity index (χ0) is 14.5. The Morgan fingerprint density at radius 1 is 1.45 bits per heavy atom. The van der Waals surface area contributed by atoms with Crippen molar-refractivity contribution in [3.63, 3.8) is 0 Å². The quantitative estimate of drug-likeness (QED) is 0.648. The van der Waals surface area contributed by atoms with Gasteiger partial charge in [-0.15, -0.1) is 11.8 Å². The molecule has 6 heteroatoms. The number of thioether (sulfide) groups is 1. The predicted octanol–water partition coefficient (Wildman–Crippen LogP) is 1.42. The first-order chi connectivity index (χ1) is 9.63. The number of fused-ring (bicyclic) bond motifs is 1. The van der Waals surface area contributed by atoms with Crippen LogP contribution in [0.15, 0.2) is 29.2 Å². The molecular formula is C14H17ClN3OS+. The number of amides is 1. The number of carbonyl (C=O) groups is 1. The van der Waals surface area contributed by atoms with Crippen molar-refractivity contribution in [2.24, 2.45) is 0 Å². The molecule has 0 atom stereocenters. The van der Waals surface area contributed by atoms with Gasteiger partial charge in [-0.25, -0.2) is 4.98 Å². The predicted molar refractivity (Wildman–Crippen MR) is 83.1 cm³/mol. The number of halogens is 1. The van der Waals surface area contributed by atoms with Crippen LogP contribution in [0.5, 0.6) is 0 Å².